The van der Waals surface area contributed by atoms with Crippen molar-refractivity contribution in [2.24, 2.45) is 5.92 Å². The molecule has 0 amide bonds. The number of ether oxygens (including phenoxy) is 1. The van der Waals surface area contributed by atoms with E-state index in [-0.39, 0.29) is 5.97 Å². The Morgan fingerprint density at radius 2 is 2.39 bits per heavy atom. The minimum Gasteiger partial charge on any atom is -0.461 e. The number of nitrogens with zero attached hydrogens (tertiary/aromatic N) is 2. The van der Waals surface area contributed by atoms with E-state index in [4.69, 9.17) is 4.74 Å². The third-order valence-corrected chi connectivity index (χ3v) is 4.21. The van der Waals surface area contributed by atoms with Crippen LogP contribution in [0.2, 0.25) is 0 Å². The highest BCUT2D eigenvalue weighted by Crippen LogP contribution is 2.29. The van der Waals surface area contributed by atoms with Crippen molar-refractivity contribution in [2.45, 2.75) is 33.6 Å². The van der Waals surface area contributed by atoms with Crippen LogP contribution in [0.1, 0.15) is 42.1 Å². The third-order valence-electron chi connectivity index (χ3n) is 3.18. The second kappa shape index (κ2) is 5.69. The molecule has 1 saturated heterocycles. The summed E-state index contributed by atoms with van der Waals surface area (Å²) in [4.78, 5) is 19.4. The van der Waals surface area contributed by atoms with Crippen molar-refractivity contribution in [1.82, 2.24) is 4.98 Å². The van der Waals surface area contributed by atoms with E-state index in [2.05, 4.69) is 16.8 Å². The number of anilines is 1. The fourth-order valence-electron chi connectivity index (χ4n) is 2.27. The number of carbonyl (C=O) groups is 1. The maximum Gasteiger partial charge on any atom is 0.358 e. The maximum absolute atomic E-state index is 11.7. The molecule has 1 aliphatic heterocycles. The first-order valence-corrected chi connectivity index (χ1v) is 7.33. The summed E-state index contributed by atoms with van der Waals surface area (Å²) in [6, 6.07) is 0. The van der Waals surface area contributed by atoms with Crippen molar-refractivity contribution in [3.63, 3.8) is 0 Å². The molecule has 4 nitrogen and oxygen atoms in total. The van der Waals surface area contributed by atoms with Crippen LogP contribution in [0.25, 0.3) is 0 Å². The van der Waals surface area contributed by atoms with Gasteiger partial charge in [0.05, 0.1) is 6.61 Å². The summed E-state index contributed by atoms with van der Waals surface area (Å²) in [6.07, 6.45) is 2.49. The van der Waals surface area contributed by atoms with Crippen molar-refractivity contribution in [2.75, 3.05) is 24.6 Å². The molecule has 1 aromatic rings. The van der Waals surface area contributed by atoms with Gasteiger partial charge in [-0.3, -0.25) is 0 Å². The highest BCUT2D eigenvalue weighted by Gasteiger charge is 2.23. The molecule has 2 heterocycles. The first-order valence-electron chi connectivity index (χ1n) is 6.51. The number of hydrogen-bond donors (Lipinski definition) is 0. The summed E-state index contributed by atoms with van der Waals surface area (Å²) in [5.74, 6) is 0.400. The van der Waals surface area contributed by atoms with E-state index in [1.807, 2.05) is 13.8 Å². The van der Waals surface area contributed by atoms with Crippen LogP contribution in [-0.2, 0) is 4.74 Å². The molecule has 0 N–H and O–H groups in total. The van der Waals surface area contributed by atoms with E-state index in [1.54, 1.807) is 11.3 Å². The molecular formula is C13H20N2O2S. The SMILES string of the molecule is CCOC(=O)c1nc(N2CCCC(C)C2)sc1C. The molecule has 0 aliphatic carbocycles. The van der Waals surface area contributed by atoms with Crippen molar-refractivity contribution < 1.29 is 9.53 Å². The first kappa shape index (κ1) is 13.3. The van der Waals surface area contributed by atoms with Gasteiger partial charge in [-0.05, 0) is 32.6 Å². The molecule has 1 aromatic heterocycles. The second-order valence-electron chi connectivity index (χ2n) is 4.82. The van der Waals surface area contributed by atoms with Crippen molar-refractivity contribution in [1.29, 1.82) is 0 Å². The molecule has 0 spiro atoms. The number of aromatic nitrogens is 1. The Balaban J connectivity index is 2.15. The molecule has 1 aliphatic rings. The molecule has 0 saturated carbocycles. The van der Waals surface area contributed by atoms with Gasteiger partial charge < -0.3 is 9.64 Å². The number of hydrogen-bond acceptors (Lipinski definition) is 5. The zero-order valence-corrected chi connectivity index (χ0v) is 12.0. The lowest BCUT2D eigenvalue weighted by atomic mass is 10.0. The maximum atomic E-state index is 11.7. The molecule has 2 rings (SSSR count). The summed E-state index contributed by atoms with van der Waals surface area (Å²) in [5, 5.41) is 0.960. The zero-order chi connectivity index (χ0) is 13.1. The van der Waals surface area contributed by atoms with Gasteiger partial charge in [-0.2, -0.15) is 0 Å². The number of thiazole rings is 1. The lowest BCUT2D eigenvalue weighted by molar-refractivity contribution is 0.0519. The predicted octanol–water partition coefficient (Wildman–Crippen LogP) is 2.86. The summed E-state index contributed by atoms with van der Waals surface area (Å²) in [6.45, 7) is 8.48. The van der Waals surface area contributed by atoms with Gasteiger partial charge in [-0.15, -0.1) is 11.3 Å². The van der Waals surface area contributed by atoms with E-state index in [9.17, 15) is 4.79 Å². The smallest absolute Gasteiger partial charge is 0.358 e. The lowest BCUT2D eigenvalue weighted by Crippen LogP contribution is -2.34. The van der Waals surface area contributed by atoms with Crippen LogP contribution in [-0.4, -0.2) is 30.6 Å². The van der Waals surface area contributed by atoms with Gasteiger partial charge in [0, 0.05) is 18.0 Å². The molecule has 18 heavy (non-hydrogen) atoms. The number of piperidine rings is 1. The van der Waals surface area contributed by atoms with Gasteiger partial charge in [0.1, 0.15) is 0 Å². The quantitative estimate of drug-likeness (QED) is 0.791. The van der Waals surface area contributed by atoms with Gasteiger partial charge in [0.15, 0.2) is 10.8 Å². The molecule has 0 radical (unpaired) electrons. The standard InChI is InChI=1S/C13H20N2O2S/c1-4-17-12(16)11-10(3)18-13(14-11)15-7-5-6-9(2)8-15/h9H,4-8H2,1-3H3. The predicted molar refractivity (Wildman–Crippen MR) is 73.4 cm³/mol. The van der Waals surface area contributed by atoms with Crippen LogP contribution in [0.15, 0.2) is 0 Å². The second-order valence-corrected chi connectivity index (χ2v) is 6.00. The molecule has 5 heteroatoms. The van der Waals surface area contributed by atoms with E-state index in [1.165, 1.54) is 12.8 Å². The minimum atomic E-state index is -0.303. The van der Waals surface area contributed by atoms with E-state index in [0.717, 1.165) is 23.1 Å². The van der Waals surface area contributed by atoms with E-state index >= 15 is 0 Å². The molecule has 100 valence electrons. The van der Waals surface area contributed by atoms with Crippen molar-refractivity contribution in [3.8, 4) is 0 Å². The first-order chi connectivity index (χ1) is 8.61. The Bertz CT molecular complexity index is 431. The van der Waals surface area contributed by atoms with Gasteiger partial charge in [0.2, 0.25) is 0 Å². The Kier molecular flexibility index (Phi) is 4.22. The number of carbonyl (C=O) groups excluding carboxylic acids is 1. The Morgan fingerprint density at radius 1 is 1.61 bits per heavy atom. The Morgan fingerprint density at radius 3 is 3.06 bits per heavy atom. The van der Waals surface area contributed by atoms with Crippen LogP contribution in [0.5, 0.6) is 0 Å². The molecule has 0 aromatic carbocycles. The summed E-state index contributed by atoms with van der Waals surface area (Å²) in [5.41, 5.74) is 0.482. The van der Waals surface area contributed by atoms with E-state index in [0.29, 0.717) is 18.2 Å². The highest BCUT2D eigenvalue weighted by atomic mass is 32.1. The average Bonchev–Trinajstić information content (AvgIpc) is 2.72. The molecule has 0 bridgehead atoms. The molecule has 1 fully saturated rings. The highest BCUT2D eigenvalue weighted by molar-refractivity contribution is 7.15. The zero-order valence-electron chi connectivity index (χ0n) is 11.2. The average molecular weight is 268 g/mol. The topological polar surface area (TPSA) is 42.4 Å². The Labute approximate surface area is 112 Å². The van der Waals surface area contributed by atoms with Gasteiger partial charge in [-0.1, -0.05) is 6.92 Å². The number of rotatable bonds is 3. The Hall–Kier alpha value is -1.10. The fraction of sp³-hybridized carbons (Fsp3) is 0.692. The van der Waals surface area contributed by atoms with Crippen LogP contribution < -0.4 is 4.90 Å². The fourth-order valence-corrected chi connectivity index (χ4v) is 3.20. The van der Waals surface area contributed by atoms with Crippen LogP contribution >= 0.6 is 11.3 Å². The normalized spacial score (nSPS) is 19.9. The van der Waals surface area contributed by atoms with E-state index < -0.39 is 0 Å². The van der Waals surface area contributed by atoms with Crippen LogP contribution in [0, 0.1) is 12.8 Å². The summed E-state index contributed by atoms with van der Waals surface area (Å²) >= 11 is 1.59. The summed E-state index contributed by atoms with van der Waals surface area (Å²) < 4.78 is 5.02. The largest absolute Gasteiger partial charge is 0.461 e. The van der Waals surface area contributed by atoms with Crippen LogP contribution in [0.4, 0.5) is 5.13 Å². The molecular weight excluding hydrogens is 248 g/mol. The van der Waals surface area contributed by atoms with Gasteiger partial charge in [-0.25, -0.2) is 9.78 Å². The van der Waals surface area contributed by atoms with Crippen molar-refractivity contribution in [3.05, 3.63) is 10.6 Å². The third kappa shape index (κ3) is 2.83. The monoisotopic (exact) mass is 268 g/mol. The summed E-state index contributed by atoms with van der Waals surface area (Å²) in [7, 11) is 0. The lowest BCUT2D eigenvalue weighted by Gasteiger charge is -2.30. The van der Waals surface area contributed by atoms with Crippen LogP contribution in [0.3, 0.4) is 0 Å². The van der Waals surface area contributed by atoms with Gasteiger partial charge in [0.25, 0.3) is 0 Å². The minimum absolute atomic E-state index is 0.303. The van der Waals surface area contributed by atoms with Crippen molar-refractivity contribution >= 4 is 22.4 Å². The van der Waals surface area contributed by atoms with Gasteiger partial charge >= 0.3 is 5.97 Å². The number of esters is 1. The number of aryl methyl sites for hydroxylation is 1. The molecule has 1 unspecified atom stereocenters. The molecule has 1 atom stereocenters.